The van der Waals surface area contributed by atoms with Gasteiger partial charge in [0, 0.05) is 42.3 Å². The molecule has 26 heavy (non-hydrogen) atoms. The van der Waals surface area contributed by atoms with Crippen LogP contribution in [0.1, 0.15) is 27.5 Å². The van der Waals surface area contributed by atoms with Crippen molar-refractivity contribution in [2.24, 2.45) is 0 Å². The fourth-order valence-electron chi connectivity index (χ4n) is 2.91. The average Bonchev–Trinajstić information content (AvgIpc) is 3.16. The largest absolute Gasteiger partial charge is 0.472 e. The Balaban J connectivity index is 1.65. The van der Waals surface area contributed by atoms with Gasteiger partial charge in [-0.25, -0.2) is 0 Å². The van der Waals surface area contributed by atoms with E-state index in [1.165, 1.54) is 12.1 Å². The second kappa shape index (κ2) is 8.18. The predicted octanol–water partition coefficient (Wildman–Crippen LogP) is 3.82. The quantitative estimate of drug-likeness (QED) is 0.851. The normalized spacial score (nSPS) is 17.0. The molecule has 1 aromatic heterocycles. The molecular formula is C18H19F3N2O2S. The van der Waals surface area contributed by atoms with Gasteiger partial charge in [-0.3, -0.25) is 9.69 Å². The van der Waals surface area contributed by atoms with Gasteiger partial charge >= 0.3 is 6.18 Å². The molecular weight excluding hydrogens is 365 g/mol. The molecule has 1 unspecified atom stereocenters. The van der Waals surface area contributed by atoms with Gasteiger partial charge in [0.05, 0.1) is 24.1 Å². The standard InChI is InChI=1S/C18H19F3N2O2S/c19-18(20,21)15-3-1-13(2-4-15)17(24)22-11-16(14-5-8-25-12-14)23-6-9-26-10-7-23/h1-5,8,12,16H,6-7,9-11H2,(H,22,24). The summed E-state index contributed by atoms with van der Waals surface area (Å²) in [5.74, 6) is 1.67. The Morgan fingerprint density at radius 1 is 1.19 bits per heavy atom. The van der Waals surface area contributed by atoms with E-state index in [1.807, 2.05) is 17.8 Å². The molecule has 8 heteroatoms. The van der Waals surface area contributed by atoms with Crippen molar-refractivity contribution in [1.82, 2.24) is 10.2 Å². The summed E-state index contributed by atoms with van der Waals surface area (Å²) in [5.41, 5.74) is 0.416. The highest BCUT2D eigenvalue weighted by Gasteiger charge is 2.30. The summed E-state index contributed by atoms with van der Waals surface area (Å²) in [6.07, 6.45) is -1.15. The van der Waals surface area contributed by atoms with Gasteiger partial charge in [-0.15, -0.1) is 0 Å². The van der Waals surface area contributed by atoms with E-state index < -0.39 is 17.6 Å². The lowest BCUT2D eigenvalue weighted by atomic mass is 10.1. The zero-order chi connectivity index (χ0) is 18.6. The van der Waals surface area contributed by atoms with Crippen molar-refractivity contribution in [3.05, 3.63) is 59.5 Å². The van der Waals surface area contributed by atoms with Crippen LogP contribution in [0.15, 0.2) is 47.3 Å². The number of amides is 1. The van der Waals surface area contributed by atoms with Crippen LogP contribution in [0, 0.1) is 0 Å². The van der Waals surface area contributed by atoms with Gasteiger partial charge in [0.2, 0.25) is 0 Å². The highest BCUT2D eigenvalue weighted by atomic mass is 32.2. The number of benzene rings is 1. The SMILES string of the molecule is O=C(NCC(c1ccoc1)N1CCSCC1)c1ccc(C(F)(F)F)cc1. The number of carbonyl (C=O) groups excluding carboxylic acids is 1. The van der Waals surface area contributed by atoms with Crippen LogP contribution >= 0.6 is 11.8 Å². The number of hydrogen-bond acceptors (Lipinski definition) is 4. The summed E-state index contributed by atoms with van der Waals surface area (Å²) >= 11 is 1.89. The first kappa shape index (κ1) is 18.8. The van der Waals surface area contributed by atoms with Gasteiger partial charge in [-0.1, -0.05) is 0 Å². The van der Waals surface area contributed by atoms with Crippen LogP contribution in [0.5, 0.6) is 0 Å². The molecule has 1 saturated heterocycles. The lowest BCUT2D eigenvalue weighted by molar-refractivity contribution is -0.137. The molecule has 140 valence electrons. The first-order valence-electron chi connectivity index (χ1n) is 8.24. The van der Waals surface area contributed by atoms with Gasteiger partial charge < -0.3 is 9.73 Å². The number of alkyl halides is 3. The van der Waals surface area contributed by atoms with Crippen molar-refractivity contribution in [2.75, 3.05) is 31.1 Å². The second-order valence-electron chi connectivity index (χ2n) is 6.01. The molecule has 3 rings (SSSR count). The number of hydrogen-bond donors (Lipinski definition) is 1. The topological polar surface area (TPSA) is 45.5 Å². The summed E-state index contributed by atoms with van der Waals surface area (Å²) < 4.78 is 43.0. The summed E-state index contributed by atoms with van der Waals surface area (Å²) in [4.78, 5) is 14.6. The maximum atomic E-state index is 12.6. The summed E-state index contributed by atoms with van der Waals surface area (Å²) in [6.45, 7) is 2.19. The Morgan fingerprint density at radius 3 is 2.46 bits per heavy atom. The minimum absolute atomic E-state index is 0.0203. The smallest absolute Gasteiger partial charge is 0.416 e. The molecule has 1 aliphatic rings. The molecule has 1 fully saturated rings. The van der Waals surface area contributed by atoms with E-state index in [-0.39, 0.29) is 11.6 Å². The van der Waals surface area contributed by atoms with Gasteiger partial charge in [0.25, 0.3) is 5.91 Å². The Kier molecular flexibility index (Phi) is 5.93. The monoisotopic (exact) mass is 384 g/mol. The maximum Gasteiger partial charge on any atom is 0.416 e. The third-order valence-electron chi connectivity index (χ3n) is 4.34. The van der Waals surface area contributed by atoms with E-state index in [0.29, 0.717) is 6.54 Å². The highest BCUT2D eigenvalue weighted by Crippen LogP contribution is 2.29. The van der Waals surface area contributed by atoms with Crippen LogP contribution in [0.2, 0.25) is 0 Å². The molecule has 1 aliphatic heterocycles. The van der Waals surface area contributed by atoms with E-state index >= 15 is 0 Å². The first-order chi connectivity index (χ1) is 12.4. The van der Waals surface area contributed by atoms with Crippen molar-refractivity contribution >= 4 is 17.7 Å². The Labute approximate surface area is 153 Å². The van der Waals surface area contributed by atoms with Gasteiger partial charge in [0.1, 0.15) is 0 Å². The van der Waals surface area contributed by atoms with E-state index in [2.05, 4.69) is 10.2 Å². The van der Waals surface area contributed by atoms with Crippen molar-refractivity contribution < 1.29 is 22.4 Å². The molecule has 0 saturated carbocycles. The number of halogens is 3. The molecule has 0 bridgehead atoms. The van der Waals surface area contributed by atoms with Gasteiger partial charge in [-0.2, -0.15) is 24.9 Å². The minimum atomic E-state index is -4.41. The van der Waals surface area contributed by atoms with E-state index in [0.717, 1.165) is 42.3 Å². The number of thioether (sulfide) groups is 1. The number of carbonyl (C=O) groups is 1. The van der Waals surface area contributed by atoms with E-state index in [9.17, 15) is 18.0 Å². The van der Waals surface area contributed by atoms with Crippen molar-refractivity contribution in [3.8, 4) is 0 Å². The second-order valence-corrected chi connectivity index (χ2v) is 7.23. The van der Waals surface area contributed by atoms with Crippen molar-refractivity contribution in [3.63, 3.8) is 0 Å². The molecule has 2 heterocycles. The van der Waals surface area contributed by atoms with Crippen molar-refractivity contribution in [2.45, 2.75) is 12.2 Å². The van der Waals surface area contributed by atoms with Gasteiger partial charge in [-0.05, 0) is 30.3 Å². The molecule has 1 N–H and O–H groups in total. The lowest BCUT2D eigenvalue weighted by Gasteiger charge is -2.34. The van der Waals surface area contributed by atoms with Crippen LogP contribution in [0.4, 0.5) is 13.2 Å². The zero-order valence-corrected chi connectivity index (χ0v) is 14.8. The van der Waals surface area contributed by atoms with Gasteiger partial charge in [0.15, 0.2) is 0 Å². The molecule has 0 radical (unpaired) electrons. The molecule has 1 aromatic carbocycles. The fraction of sp³-hybridized carbons (Fsp3) is 0.389. The number of furan rings is 1. The summed E-state index contributed by atoms with van der Waals surface area (Å²) in [5, 5.41) is 2.83. The lowest BCUT2D eigenvalue weighted by Crippen LogP contribution is -2.41. The van der Waals surface area contributed by atoms with Crippen LogP contribution in [0.25, 0.3) is 0 Å². The van der Waals surface area contributed by atoms with E-state index in [1.54, 1.807) is 12.5 Å². The molecule has 1 atom stereocenters. The molecule has 2 aromatic rings. The van der Waals surface area contributed by atoms with Crippen molar-refractivity contribution in [1.29, 1.82) is 0 Å². The maximum absolute atomic E-state index is 12.6. The average molecular weight is 384 g/mol. The van der Waals surface area contributed by atoms with Crippen LogP contribution in [-0.4, -0.2) is 41.9 Å². The molecule has 1 amide bonds. The van der Waals surface area contributed by atoms with Crippen LogP contribution in [-0.2, 0) is 6.18 Å². The fourth-order valence-corrected chi connectivity index (χ4v) is 3.84. The third-order valence-corrected chi connectivity index (χ3v) is 5.29. The van der Waals surface area contributed by atoms with Crippen LogP contribution < -0.4 is 5.32 Å². The minimum Gasteiger partial charge on any atom is -0.472 e. The number of nitrogens with one attached hydrogen (secondary N) is 1. The summed E-state index contributed by atoms with van der Waals surface area (Å²) in [6, 6.07) is 6.09. The third kappa shape index (κ3) is 4.62. The molecule has 4 nitrogen and oxygen atoms in total. The Bertz CT molecular complexity index is 711. The summed E-state index contributed by atoms with van der Waals surface area (Å²) in [7, 11) is 0. The van der Waals surface area contributed by atoms with E-state index in [4.69, 9.17) is 4.42 Å². The zero-order valence-electron chi connectivity index (χ0n) is 14.0. The molecule has 0 aliphatic carbocycles. The Morgan fingerprint density at radius 2 is 1.88 bits per heavy atom. The molecule has 0 spiro atoms. The Hall–Kier alpha value is -1.93. The predicted molar refractivity (Wildman–Crippen MR) is 94.1 cm³/mol. The first-order valence-corrected chi connectivity index (χ1v) is 9.40. The van der Waals surface area contributed by atoms with Crippen LogP contribution in [0.3, 0.4) is 0 Å². The number of rotatable bonds is 5. The number of nitrogens with zero attached hydrogens (tertiary/aromatic N) is 1. The highest BCUT2D eigenvalue weighted by molar-refractivity contribution is 7.99.